The maximum atomic E-state index is 14.8. The number of nitrogens with one attached hydrogen (secondary N) is 1. The lowest BCUT2D eigenvalue weighted by molar-refractivity contribution is -0.136. The maximum absolute atomic E-state index is 14.8. The highest BCUT2D eigenvalue weighted by Crippen LogP contribution is 2.31. The predicted molar refractivity (Wildman–Crippen MR) is 100 cm³/mol. The smallest absolute Gasteiger partial charge is 0.265 e. The molecule has 3 N–H and O–H groups in total. The van der Waals surface area contributed by atoms with Crippen molar-refractivity contribution in [3.05, 3.63) is 34.6 Å². The first kappa shape index (κ1) is 20.1. The average Bonchev–Trinajstić information content (AvgIpc) is 2.93. The van der Waals surface area contributed by atoms with Crippen molar-refractivity contribution in [3.63, 3.8) is 0 Å². The molecule has 158 valence electrons. The summed E-state index contributed by atoms with van der Waals surface area (Å²) in [6.45, 7) is 1.58. The van der Waals surface area contributed by atoms with Crippen LogP contribution in [-0.2, 0) is 20.9 Å². The molecule has 4 rings (SSSR count). The number of halogens is 1. The number of nitrogens with zero attached hydrogens (tertiary/aromatic N) is 2. The molecule has 0 saturated carbocycles. The first-order chi connectivity index (χ1) is 14.3. The Hall–Kier alpha value is -3.14. The second-order valence-electron chi connectivity index (χ2n) is 7.90. The summed E-state index contributed by atoms with van der Waals surface area (Å²) in [5.74, 6) is -4.12. The molecular weight excluding hydrogens is 395 g/mol. The predicted octanol–water partition coefficient (Wildman–Crippen LogP) is -0.0758. The van der Waals surface area contributed by atoms with Crippen molar-refractivity contribution in [3.8, 4) is 0 Å². The number of benzene rings is 1. The zero-order chi connectivity index (χ0) is 21.6. The Kier molecular flexibility index (Phi) is 5.10. The molecule has 5 amide bonds. The quantitative estimate of drug-likeness (QED) is 0.661. The molecule has 0 aliphatic carbocycles. The van der Waals surface area contributed by atoms with Gasteiger partial charge in [-0.1, -0.05) is 0 Å². The van der Waals surface area contributed by atoms with Crippen LogP contribution in [0.2, 0.25) is 0 Å². The standard InChI is InChI=1S/C20H21FN4O5/c21-13-8-10(9-24-5-3-11(4-6-24)17(22)27)7-12-16(13)20(30)25(19(12)29)14-1-2-15(26)23-18(14)28/h7-8,11,14H,1-6,9H2,(H2,22,27)(H,23,26,28). The van der Waals surface area contributed by atoms with Crippen molar-refractivity contribution in [2.75, 3.05) is 13.1 Å². The number of hydrogen-bond donors (Lipinski definition) is 2. The number of imide groups is 2. The number of likely N-dealkylation sites (tertiary alicyclic amines) is 1. The second kappa shape index (κ2) is 7.60. The van der Waals surface area contributed by atoms with Gasteiger partial charge in [0.15, 0.2) is 0 Å². The van der Waals surface area contributed by atoms with E-state index in [1.807, 2.05) is 4.90 Å². The van der Waals surface area contributed by atoms with Crippen molar-refractivity contribution in [1.29, 1.82) is 0 Å². The van der Waals surface area contributed by atoms with Gasteiger partial charge in [0.25, 0.3) is 11.8 Å². The Balaban J connectivity index is 1.53. The first-order valence-electron chi connectivity index (χ1n) is 9.82. The largest absolute Gasteiger partial charge is 0.369 e. The highest BCUT2D eigenvalue weighted by molar-refractivity contribution is 6.23. The maximum Gasteiger partial charge on any atom is 0.265 e. The molecule has 10 heteroatoms. The van der Waals surface area contributed by atoms with E-state index in [0.717, 1.165) is 4.90 Å². The minimum atomic E-state index is -1.13. The van der Waals surface area contributed by atoms with Crippen molar-refractivity contribution in [2.24, 2.45) is 11.7 Å². The van der Waals surface area contributed by atoms with E-state index >= 15 is 0 Å². The van der Waals surface area contributed by atoms with Crippen molar-refractivity contribution < 1.29 is 28.4 Å². The van der Waals surface area contributed by atoms with E-state index < -0.39 is 35.5 Å². The van der Waals surface area contributed by atoms with Crippen LogP contribution < -0.4 is 11.1 Å². The summed E-state index contributed by atoms with van der Waals surface area (Å²) in [5.41, 5.74) is 5.44. The normalized spacial score (nSPS) is 23.0. The van der Waals surface area contributed by atoms with Gasteiger partial charge < -0.3 is 5.73 Å². The Morgan fingerprint density at radius 2 is 1.80 bits per heavy atom. The minimum Gasteiger partial charge on any atom is -0.369 e. The molecule has 1 aromatic rings. The fraction of sp³-hybridized carbons (Fsp3) is 0.450. The molecule has 3 aliphatic rings. The van der Waals surface area contributed by atoms with Gasteiger partial charge in [0.1, 0.15) is 11.9 Å². The Labute approximate surface area is 171 Å². The van der Waals surface area contributed by atoms with Crippen LogP contribution in [0.4, 0.5) is 4.39 Å². The zero-order valence-corrected chi connectivity index (χ0v) is 16.2. The SMILES string of the molecule is NC(=O)C1CCN(Cc2cc(F)c3c(c2)C(=O)N(C2CCC(=O)NC2=O)C3=O)CC1. The number of piperidine rings is 2. The van der Waals surface area contributed by atoms with E-state index in [4.69, 9.17) is 5.73 Å². The molecule has 0 radical (unpaired) electrons. The third-order valence-corrected chi connectivity index (χ3v) is 5.95. The number of carbonyl (C=O) groups excluding carboxylic acids is 5. The number of nitrogens with two attached hydrogens (primary N) is 1. The summed E-state index contributed by atoms with van der Waals surface area (Å²) in [4.78, 5) is 63.1. The first-order valence-corrected chi connectivity index (χ1v) is 9.82. The number of hydrogen-bond acceptors (Lipinski definition) is 6. The summed E-state index contributed by atoms with van der Waals surface area (Å²) in [7, 11) is 0. The van der Waals surface area contributed by atoms with E-state index in [-0.39, 0.29) is 35.8 Å². The van der Waals surface area contributed by atoms with Gasteiger partial charge in [0, 0.05) is 18.9 Å². The van der Waals surface area contributed by atoms with E-state index in [0.29, 0.717) is 38.0 Å². The highest BCUT2D eigenvalue weighted by Gasteiger charge is 2.46. The van der Waals surface area contributed by atoms with Crippen molar-refractivity contribution in [2.45, 2.75) is 38.3 Å². The molecule has 9 nitrogen and oxygen atoms in total. The summed E-state index contributed by atoms with van der Waals surface area (Å²) < 4.78 is 14.8. The number of amides is 5. The molecule has 2 fully saturated rings. The molecule has 3 heterocycles. The number of carbonyl (C=O) groups is 5. The van der Waals surface area contributed by atoms with Crippen molar-refractivity contribution >= 4 is 29.5 Å². The lowest BCUT2D eigenvalue weighted by Crippen LogP contribution is -2.54. The van der Waals surface area contributed by atoms with Gasteiger partial charge >= 0.3 is 0 Å². The molecule has 1 unspecified atom stereocenters. The van der Waals surface area contributed by atoms with Crippen LogP contribution in [0.25, 0.3) is 0 Å². The van der Waals surface area contributed by atoms with E-state index in [2.05, 4.69) is 5.32 Å². The van der Waals surface area contributed by atoms with Crippen LogP contribution in [0.3, 0.4) is 0 Å². The third kappa shape index (κ3) is 3.47. The van der Waals surface area contributed by atoms with Crippen LogP contribution in [0.1, 0.15) is 52.0 Å². The van der Waals surface area contributed by atoms with Crippen LogP contribution in [0.5, 0.6) is 0 Å². The van der Waals surface area contributed by atoms with Crippen LogP contribution in [0.15, 0.2) is 12.1 Å². The monoisotopic (exact) mass is 416 g/mol. The summed E-state index contributed by atoms with van der Waals surface area (Å²) in [5, 5.41) is 2.11. The van der Waals surface area contributed by atoms with Crippen LogP contribution in [0, 0.1) is 11.7 Å². The minimum absolute atomic E-state index is 0.00119. The number of fused-ring (bicyclic) bond motifs is 1. The molecule has 0 bridgehead atoms. The molecule has 3 aliphatic heterocycles. The summed E-state index contributed by atoms with van der Waals surface area (Å²) in [6, 6.07) is 1.56. The van der Waals surface area contributed by atoms with E-state index in [1.54, 1.807) is 0 Å². The number of primary amides is 1. The highest BCUT2D eigenvalue weighted by atomic mass is 19.1. The van der Waals surface area contributed by atoms with Gasteiger partial charge in [-0.25, -0.2) is 4.39 Å². The van der Waals surface area contributed by atoms with Crippen molar-refractivity contribution in [1.82, 2.24) is 15.1 Å². The Morgan fingerprint density at radius 1 is 1.10 bits per heavy atom. The van der Waals surface area contributed by atoms with E-state index in [9.17, 15) is 28.4 Å². The third-order valence-electron chi connectivity index (χ3n) is 5.95. The topological polar surface area (TPSA) is 130 Å². The van der Waals surface area contributed by atoms with E-state index in [1.165, 1.54) is 12.1 Å². The Bertz CT molecular complexity index is 970. The van der Waals surface area contributed by atoms with Gasteiger partial charge in [-0.15, -0.1) is 0 Å². The van der Waals surface area contributed by atoms with Gasteiger partial charge in [0.05, 0.1) is 11.1 Å². The lowest BCUT2D eigenvalue weighted by atomic mass is 9.95. The summed E-state index contributed by atoms with van der Waals surface area (Å²) in [6.07, 6.45) is 1.24. The molecule has 1 aromatic carbocycles. The van der Waals surface area contributed by atoms with Gasteiger partial charge in [-0.2, -0.15) is 0 Å². The zero-order valence-electron chi connectivity index (χ0n) is 16.2. The van der Waals surface area contributed by atoms with Gasteiger partial charge in [-0.05, 0) is 50.0 Å². The van der Waals surface area contributed by atoms with Crippen LogP contribution >= 0.6 is 0 Å². The number of rotatable bonds is 4. The Morgan fingerprint density at radius 3 is 2.43 bits per heavy atom. The molecule has 0 aromatic heterocycles. The second-order valence-corrected chi connectivity index (χ2v) is 7.90. The molecule has 1 atom stereocenters. The molecule has 30 heavy (non-hydrogen) atoms. The van der Waals surface area contributed by atoms with Gasteiger partial charge in [0.2, 0.25) is 17.7 Å². The summed E-state index contributed by atoms with van der Waals surface area (Å²) >= 11 is 0. The molecule has 0 spiro atoms. The average molecular weight is 416 g/mol. The van der Waals surface area contributed by atoms with Gasteiger partial charge in [-0.3, -0.25) is 39.1 Å². The lowest BCUT2D eigenvalue weighted by Gasteiger charge is -2.30. The molecule has 2 saturated heterocycles. The van der Waals surface area contributed by atoms with Crippen LogP contribution in [-0.4, -0.2) is 58.5 Å². The fourth-order valence-corrected chi connectivity index (χ4v) is 4.33. The fourth-order valence-electron chi connectivity index (χ4n) is 4.33. The molecular formula is C20H21FN4O5.